The Hall–Kier alpha value is -1.30. The second-order valence-electron chi connectivity index (χ2n) is 7.52. The number of methoxy groups -OCH3 is 1. The van der Waals surface area contributed by atoms with Crippen LogP contribution in [-0.2, 0) is 14.3 Å². The Bertz CT molecular complexity index is 421. The van der Waals surface area contributed by atoms with Crippen molar-refractivity contribution in [1.82, 2.24) is 10.6 Å². The number of nitrogens with zero attached hydrogens (tertiary/aromatic N) is 1. The molecule has 6 nitrogen and oxygen atoms in total. The van der Waals surface area contributed by atoms with Gasteiger partial charge in [0.15, 0.2) is 5.96 Å². The number of nitrogens with one attached hydrogen (secondary N) is 2. The van der Waals surface area contributed by atoms with E-state index in [0.717, 1.165) is 70.9 Å². The summed E-state index contributed by atoms with van der Waals surface area (Å²) >= 11 is 0. The molecule has 0 aromatic heterocycles. The van der Waals surface area contributed by atoms with Crippen LogP contribution in [0.4, 0.5) is 0 Å². The highest BCUT2D eigenvalue weighted by Crippen LogP contribution is 2.41. The lowest BCUT2D eigenvalue weighted by atomic mass is 9.83. The van der Waals surface area contributed by atoms with Gasteiger partial charge in [-0.25, -0.2) is 0 Å². The van der Waals surface area contributed by atoms with E-state index >= 15 is 0 Å². The summed E-state index contributed by atoms with van der Waals surface area (Å²) in [5, 5.41) is 6.82. The van der Waals surface area contributed by atoms with Gasteiger partial charge in [-0.2, -0.15) is 0 Å². The minimum atomic E-state index is -0.111. The lowest BCUT2D eigenvalue weighted by Gasteiger charge is -2.27. The Labute approximate surface area is 165 Å². The van der Waals surface area contributed by atoms with Gasteiger partial charge in [-0.1, -0.05) is 25.7 Å². The van der Waals surface area contributed by atoms with Gasteiger partial charge in [0, 0.05) is 39.3 Å². The average molecular weight is 384 g/mol. The lowest BCUT2D eigenvalue weighted by Crippen LogP contribution is -2.39. The Kier molecular flexibility index (Phi) is 12.9. The Balaban J connectivity index is 2.32. The van der Waals surface area contributed by atoms with E-state index in [9.17, 15) is 4.79 Å². The molecule has 0 spiro atoms. The van der Waals surface area contributed by atoms with Gasteiger partial charge in [-0.3, -0.25) is 9.79 Å². The van der Waals surface area contributed by atoms with Crippen molar-refractivity contribution >= 4 is 11.9 Å². The van der Waals surface area contributed by atoms with Gasteiger partial charge in [-0.05, 0) is 51.4 Å². The van der Waals surface area contributed by atoms with Crippen LogP contribution in [0.15, 0.2) is 4.99 Å². The predicted octanol–water partition coefficient (Wildman–Crippen LogP) is 3.65. The summed E-state index contributed by atoms with van der Waals surface area (Å²) in [6.07, 6.45) is 11.0. The SMILES string of the molecule is CCNC(=NCC1(CCOCC)CCCC1)NCCCCCCC(=O)OC. The second-order valence-corrected chi connectivity index (χ2v) is 7.52. The summed E-state index contributed by atoms with van der Waals surface area (Å²) in [6.45, 7) is 8.47. The molecule has 27 heavy (non-hydrogen) atoms. The number of unbranched alkanes of at least 4 members (excludes halogenated alkanes) is 3. The third kappa shape index (κ3) is 10.6. The topological polar surface area (TPSA) is 72.0 Å². The van der Waals surface area contributed by atoms with E-state index in [1.54, 1.807) is 0 Å². The van der Waals surface area contributed by atoms with Crippen LogP contribution < -0.4 is 10.6 Å². The van der Waals surface area contributed by atoms with E-state index in [1.165, 1.54) is 32.8 Å². The molecule has 0 unspecified atom stereocenters. The van der Waals surface area contributed by atoms with Crippen LogP contribution >= 0.6 is 0 Å². The van der Waals surface area contributed by atoms with Crippen LogP contribution in [0.5, 0.6) is 0 Å². The summed E-state index contributed by atoms with van der Waals surface area (Å²) in [5.41, 5.74) is 0.325. The molecule has 0 saturated heterocycles. The van der Waals surface area contributed by atoms with Crippen LogP contribution in [0.25, 0.3) is 0 Å². The van der Waals surface area contributed by atoms with Gasteiger partial charge in [0.05, 0.1) is 7.11 Å². The quantitative estimate of drug-likeness (QED) is 0.207. The van der Waals surface area contributed by atoms with Crippen molar-refractivity contribution < 1.29 is 14.3 Å². The van der Waals surface area contributed by atoms with Crippen LogP contribution in [0, 0.1) is 5.41 Å². The molecule has 0 aromatic carbocycles. The molecular formula is C21H41N3O3. The molecule has 158 valence electrons. The lowest BCUT2D eigenvalue weighted by molar-refractivity contribution is -0.140. The third-order valence-corrected chi connectivity index (χ3v) is 5.39. The van der Waals surface area contributed by atoms with Gasteiger partial charge in [0.25, 0.3) is 0 Å². The zero-order valence-electron chi connectivity index (χ0n) is 17.8. The largest absolute Gasteiger partial charge is 0.469 e. The minimum Gasteiger partial charge on any atom is -0.469 e. The fraction of sp³-hybridized carbons (Fsp3) is 0.905. The molecular weight excluding hydrogens is 342 g/mol. The fourth-order valence-electron chi connectivity index (χ4n) is 3.69. The van der Waals surface area contributed by atoms with Crippen LogP contribution in [-0.4, -0.2) is 51.9 Å². The summed E-state index contributed by atoms with van der Waals surface area (Å²) in [5.74, 6) is 0.814. The smallest absolute Gasteiger partial charge is 0.305 e. The van der Waals surface area contributed by atoms with Gasteiger partial charge in [0.1, 0.15) is 0 Å². The van der Waals surface area contributed by atoms with Crippen molar-refractivity contribution in [2.75, 3.05) is 40.0 Å². The Morgan fingerprint density at radius 1 is 1.07 bits per heavy atom. The highest BCUT2D eigenvalue weighted by molar-refractivity contribution is 5.79. The van der Waals surface area contributed by atoms with Crippen molar-refractivity contribution in [2.24, 2.45) is 10.4 Å². The first kappa shape index (κ1) is 23.7. The molecule has 0 radical (unpaired) electrons. The number of hydrogen-bond acceptors (Lipinski definition) is 4. The first-order valence-corrected chi connectivity index (χ1v) is 10.8. The molecule has 1 saturated carbocycles. The standard InChI is InChI=1S/C21H41N3O3/c1-4-22-20(23-16-11-7-6-8-12-19(25)26-3)24-18-21(13-9-10-14-21)15-17-27-5-2/h4-18H2,1-3H3,(H2,22,23,24). The number of rotatable bonds is 14. The van der Waals surface area contributed by atoms with E-state index in [4.69, 9.17) is 9.73 Å². The molecule has 0 heterocycles. The molecule has 1 aliphatic carbocycles. The number of carbonyl (C=O) groups excluding carboxylic acids is 1. The number of carbonyl (C=O) groups is 1. The van der Waals surface area contributed by atoms with E-state index in [0.29, 0.717) is 11.8 Å². The Morgan fingerprint density at radius 2 is 1.81 bits per heavy atom. The molecule has 1 rings (SSSR count). The van der Waals surface area contributed by atoms with Gasteiger partial charge in [-0.15, -0.1) is 0 Å². The minimum absolute atomic E-state index is 0.111. The zero-order chi connectivity index (χ0) is 19.8. The van der Waals surface area contributed by atoms with Crippen LogP contribution in [0.3, 0.4) is 0 Å². The predicted molar refractivity (Wildman–Crippen MR) is 111 cm³/mol. The molecule has 0 aliphatic heterocycles. The number of esters is 1. The third-order valence-electron chi connectivity index (χ3n) is 5.39. The van der Waals surface area contributed by atoms with Crippen molar-refractivity contribution in [3.8, 4) is 0 Å². The second kappa shape index (κ2) is 14.7. The highest BCUT2D eigenvalue weighted by atomic mass is 16.5. The zero-order valence-corrected chi connectivity index (χ0v) is 17.8. The number of guanidine groups is 1. The summed E-state index contributed by atoms with van der Waals surface area (Å²) in [4.78, 5) is 16.0. The first-order valence-electron chi connectivity index (χ1n) is 10.8. The number of hydrogen-bond donors (Lipinski definition) is 2. The maximum atomic E-state index is 11.1. The summed E-state index contributed by atoms with van der Waals surface area (Å²) in [7, 11) is 1.44. The van der Waals surface area contributed by atoms with Crippen molar-refractivity contribution in [3.63, 3.8) is 0 Å². The van der Waals surface area contributed by atoms with Gasteiger partial charge >= 0.3 is 5.97 Å². The highest BCUT2D eigenvalue weighted by Gasteiger charge is 2.33. The van der Waals surface area contributed by atoms with Crippen molar-refractivity contribution in [2.45, 2.75) is 78.1 Å². The number of ether oxygens (including phenoxy) is 2. The molecule has 6 heteroatoms. The normalized spacial score (nSPS) is 16.3. The molecule has 1 fully saturated rings. The fourth-order valence-corrected chi connectivity index (χ4v) is 3.69. The average Bonchev–Trinajstić information content (AvgIpc) is 3.14. The molecule has 1 aliphatic rings. The summed E-state index contributed by atoms with van der Waals surface area (Å²) in [6, 6.07) is 0. The molecule has 0 atom stereocenters. The summed E-state index contributed by atoms with van der Waals surface area (Å²) < 4.78 is 10.3. The van der Waals surface area contributed by atoms with Gasteiger partial charge in [0.2, 0.25) is 0 Å². The van der Waals surface area contributed by atoms with E-state index in [1.807, 2.05) is 0 Å². The Morgan fingerprint density at radius 3 is 2.48 bits per heavy atom. The van der Waals surface area contributed by atoms with E-state index in [2.05, 4.69) is 29.2 Å². The van der Waals surface area contributed by atoms with Crippen LogP contribution in [0.1, 0.15) is 78.1 Å². The number of aliphatic imine (C=N–C) groups is 1. The molecule has 0 amide bonds. The van der Waals surface area contributed by atoms with E-state index in [-0.39, 0.29) is 5.97 Å². The molecule has 2 N–H and O–H groups in total. The molecule has 0 aromatic rings. The maximum absolute atomic E-state index is 11.1. The van der Waals surface area contributed by atoms with Crippen molar-refractivity contribution in [3.05, 3.63) is 0 Å². The van der Waals surface area contributed by atoms with Gasteiger partial charge < -0.3 is 20.1 Å². The molecule has 0 bridgehead atoms. The van der Waals surface area contributed by atoms with Crippen LogP contribution in [0.2, 0.25) is 0 Å². The maximum Gasteiger partial charge on any atom is 0.305 e. The van der Waals surface area contributed by atoms with E-state index < -0.39 is 0 Å². The van der Waals surface area contributed by atoms with Crippen molar-refractivity contribution in [1.29, 1.82) is 0 Å². The monoisotopic (exact) mass is 383 g/mol. The first-order chi connectivity index (χ1) is 13.2.